The lowest BCUT2D eigenvalue weighted by atomic mass is 9.95. The summed E-state index contributed by atoms with van der Waals surface area (Å²) in [5.74, 6) is 0.480. The summed E-state index contributed by atoms with van der Waals surface area (Å²) in [6, 6.07) is 12.9. The highest BCUT2D eigenvalue weighted by Gasteiger charge is 2.12. The van der Waals surface area contributed by atoms with Gasteiger partial charge in [0.2, 0.25) is 0 Å². The van der Waals surface area contributed by atoms with E-state index in [9.17, 15) is 10.2 Å². The molecule has 17 heavy (non-hydrogen) atoms. The van der Waals surface area contributed by atoms with E-state index >= 15 is 0 Å². The summed E-state index contributed by atoms with van der Waals surface area (Å²) in [4.78, 5) is 0. The molecule has 0 unspecified atom stereocenters. The van der Waals surface area contributed by atoms with Crippen molar-refractivity contribution in [2.24, 2.45) is 0 Å². The molecule has 0 aliphatic carbocycles. The van der Waals surface area contributed by atoms with E-state index < -0.39 is 0 Å². The van der Waals surface area contributed by atoms with E-state index in [2.05, 4.69) is 0 Å². The molecule has 0 heterocycles. The minimum Gasteiger partial charge on any atom is -0.508 e. The molecule has 0 aromatic heterocycles. The van der Waals surface area contributed by atoms with E-state index in [1.165, 1.54) is 6.07 Å². The second kappa shape index (κ2) is 4.50. The first kappa shape index (κ1) is 11.5. The molecule has 0 saturated carbocycles. The molecular formula is C15H16O2. The topological polar surface area (TPSA) is 40.5 Å². The summed E-state index contributed by atoms with van der Waals surface area (Å²) < 4.78 is 0. The smallest absolute Gasteiger partial charge is 0.127 e. The van der Waals surface area contributed by atoms with Gasteiger partial charge >= 0.3 is 0 Å². The molecule has 2 aromatic carbocycles. The molecule has 0 saturated heterocycles. The van der Waals surface area contributed by atoms with Crippen molar-refractivity contribution >= 4 is 0 Å². The molecule has 0 aliphatic heterocycles. The molecule has 0 spiro atoms. The van der Waals surface area contributed by atoms with Gasteiger partial charge in [0.05, 0.1) is 0 Å². The van der Waals surface area contributed by atoms with E-state index in [-0.39, 0.29) is 17.4 Å². The first-order valence-corrected chi connectivity index (χ1v) is 5.71. The van der Waals surface area contributed by atoms with Crippen LogP contribution in [0, 0.1) is 0 Å². The van der Waals surface area contributed by atoms with Crippen molar-refractivity contribution < 1.29 is 10.2 Å². The minimum absolute atomic E-state index is 0.109. The van der Waals surface area contributed by atoms with Crippen LogP contribution in [-0.2, 0) is 0 Å². The monoisotopic (exact) mass is 228 g/mol. The third kappa shape index (κ3) is 2.26. The van der Waals surface area contributed by atoms with Crippen LogP contribution in [0.3, 0.4) is 0 Å². The highest BCUT2D eigenvalue weighted by molar-refractivity contribution is 5.72. The van der Waals surface area contributed by atoms with Crippen LogP contribution in [0.25, 0.3) is 11.1 Å². The third-order valence-corrected chi connectivity index (χ3v) is 2.85. The van der Waals surface area contributed by atoms with E-state index in [1.54, 1.807) is 0 Å². The Morgan fingerprint density at radius 1 is 0.882 bits per heavy atom. The first-order valence-electron chi connectivity index (χ1n) is 5.71. The van der Waals surface area contributed by atoms with Crippen LogP contribution in [0.2, 0.25) is 0 Å². The highest BCUT2D eigenvalue weighted by atomic mass is 16.3. The Hall–Kier alpha value is -1.96. The molecule has 0 atom stereocenters. The Morgan fingerprint density at radius 2 is 1.53 bits per heavy atom. The number of rotatable bonds is 2. The summed E-state index contributed by atoms with van der Waals surface area (Å²) in [5.41, 5.74) is 2.56. The quantitative estimate of drug-likeness (QED) is 0.818. The molecule has 2 heteroatoms. The van der Waals surface area contributed by atoms with Gasteiger partial charge < -0.3 is 10.2 Å². The van der Waals surface area contributed by atoms with Crippen LogP contribution in [0.15, 0.2) is 42.5 Å². The van der Waals surface area contributed by atoms with Gasteiger partial charge in [-0.15, -0.1) is 0 Å². The molecule has 0 amide bonds. The average Bonchev–Trinajstić information content (AvgIpc) is 2.29. The maximum atomic E-state index is 9.89. The van der Waals surface area contributed by atoms with Crippen molar-refractivity contribution in [1.82, 2.24) is 0 Å². The Kier molecular flexibility index (Phi) is 3.05. The molecule has 0 bridgehead atoms. The van der Waals surface area contributed by atoms with Gasteiger partial charge in [0, 0.05) is 11.6 Å². The van der Waals surface area contributed by atoms with E-state index in [0.29, 0.717) is 0 Å². The molecule has 2 rings (SSSR count). The Bertz CT molecular complexity index is 516. The van der Waals surface area contributed by atoms with Crippen LogP contribution in [0.4, 0.5) is 0 Å². The van der Waals surface area contributed by atoms with Crippen molar-refractivity contribution in [2.45, 2.75) is 19.8 Å². The summed E-state index contributed by atoms with van der Waals surface area (Å²) in [5, 5.41) is 19.7. The van der Waals surface area contributed by atoms with Gasteiger partial charge in [-0.25, -0.2) is 0 Å². The summed E-state index contributed by atoms with van der Waals surface area (Å²) in [6.45, 7) is 4.03. The van der Waals surface area contributed by atoms with Gasteiger partial charge in [-0.2, -0.15) is 0 Å². The van der Waals surface area contributed by atoms with E-state index in [0.717, 1.165) is 16.7 Å². The van der Waals surface area contributed by atoms with Gasteiger partial charge in [-0.3, -0.25) is 0 Å². The van der Waals surface area contributed by atoms with Gasteiger partial charge in [-0.05, 0) is 23.1 Å². The number of hydrogen-bond donors (Lipinski definition) is 2. The van der Waals surface area contributed by atoms with Crippen LogP contribution in [-0.4, -0.2) is 10.2 Å². The molecule has 0 fully saturated rings. The Morgan fingerprint density at radius 3 is 2.12 bits per heavy atom. The second-order valence-corrected chi connectivity index (χ2v) is 4.45. The number of hydrogen-bond acceptors (Lipinski definition) is 2. The molecule has 0 radical (unpaired) electrons. The predicted molar refractivity (Wildman–Crippen MR) is 69.3 cm³/mol. The largest absolute Gasteiger partial charge is 0.508 e. The van der Waals surface area contributed by atoms with E-state index in [4.69, 9.17) is 0 Å². The van der Waals surface area contributed by atoms with Gasteiger partial charge in [0.15, 0.2) is 0 Å². The molecule has 0 aliphatic rings. The van der Waals surface area contributed by atoms with E-state index in [1.807, 2.05) is 50.2 Å². The van der Waals surface area contributed by atoms with Crippen LogP contribution in [0.1, 0.15) is 25.3 Å². The Labute approximate surface area is 101 Å². The Balaban J connectivity index is 2.59. The highest BCUT2D eigenvalue weighted by Crippen LogP contribution is 2.37. The molecule has 2 N–H and O–H groups in total. The zero-order valence-electron chi connectivity index (χ0n) is 10.0. The molecule has 2 nitrogen and oxygen atoms in total. The van der Waals surface area contributed by atoms with Gasteiger partial charge in [-0.1, -0.05) is 44.2 Å². The predicted octanol–water partition coefficient (Wildman–Crippen LogP) is 3.89. The standard InChI is InChI=1S/C15H16O2/c1-10(2)12-8-13(15(17)9-14(12)16)11-6-4-3-5-7-11/h3-10,16-17H,1-2H3. The van der Waals surface area contributed by atoms with Gasteiger partial charge in [0.1, 0.15) is 11.5 Å². The fourth-order valence-corrected chi connectivity index (χ4v) is 1.91. The molecule has 88 valence electrons. The van der Waals surface area contributed by atoms with Crippen LogP contribution < -0.4 is 0 Å². The van der Waals surface area contributed by atoms with Crippen molar-refractivity contribution in [3.8, 4) is 22.6 Å². The summed E-state index contributed by atoms with van der Waals surface area (Å²) in [7, 11) is 0. The first-order chi connectivity index (χ1) is 8.09. The molecular weight excluding hydrogens is 212 g/mol. The average molecular weight is 228 g/mol. The SMILES string of the molecule is CC(C)c1cc(-c2ccccc2)c(O)cc1O. The van der Waals surface area contributed by atoms with Crippen molar-refractivity contribution in [3.63, 3.8) is 0 Å². The fraction of sp³-hybridized carbons (Fsp3) is 0.200. The zero-order valence-corrected chi connectivity index (χ0v) is 10.0. The summed E-state index contributed by atoms with van der Waals surface area (Å²) >= 11 is 0. The second-order valence-electron chi connectivity index (χ2n) is 4.45. The number of phenolic OH excluding ortho intramolecular Hbond substituents is 2. The lowest BCUT2D eigenvalue weighted by Gasteiger charge is -2.12. The maximum Gasteiger partial charge on any atom is 0.127 e. The normalized spacial score (nSPS) is 10.8. The van der Waals surface area contributed by atoms with Crippen molar-refractivity contribution in [1.29, 1.82) is 0 Å². The number of phenols is 2. The van der Waals surface area contributed by atoms with Crippen molar-refractivity contribution in [3.05, 3.63) is 48.0 Å². The molecule has 2 aromatic rings. The fourth-order valence-electron chi connectivity index (χ4n) is 1.91. The van der Waals surface area contributed by atoms with Gasteiger partial charge in [0.25, 0.3) is 0 Å². The van der Waals surface area contributed by atoms with Crippen LogP contribution >= 0.6 is 0 Å². The number of aromatic hydroxyl groups is 2. The zero-order chi connectivity index (χ0) is 12.4. The maximum absolute atomic E-state index is 9.89. The lowest BCUT2D eigenvalue weighted by Crippen LogP contribution is -1.90. The third-order valence-electron chi connectivity index (χ3n) is 2.85. The lowest BCUT2D eigenvalue weighted by molar-refractivity contribution is 0.445. The minimum atomic E-state index is 0.109. The summed E-state index contributed by atoms with van der Waals surface area (Å²) in [6.07, 6.45) is 0. The van der Waals surface area contributed by atoms with Crippen LogP contribution in [0.5, 0.6) is 11.5 Å². The van der Waals surface area contributed by atoms with Crippen molar-refractivity contribution in [2.75, 3.05) is 0 Å². The number of benzene rings is 2.